The van der Waals surface area contributed by atoms with Gasteiger partial charge in [0.2, 0.25) is 10.0 Å². The van der Waals surface area contributed by atoms with Crippen LogP contribution in [0.3, 0.4) is 0 Å². The first-order chi connectivity index (χ1) is 8.55. The number of aromatic nitrogens is 1. The Morgan fingerprint density at radius 2 is 2.22 bits per heavy atom. The topological polar surface area (TPSA) is 96.5 Å². The second kappa shape index (κ2) is 5.21. The molecule has 0 saturated carbocycles. The molecule has 0 spiro atoms. The van der Waals surface area contributed by atoms with Gasteiger partial charge in [-0.25, -0.2) is 13.4 Å². The van der Waals surface area contributed by atoms with Crippen LogP contribution in [0.1, 0.15) is 19.3 Å². The summed E-state index contributed by atoms with van der Waals surface area (Å²) in [4.78, 5) is 3.92. The van der Waals surface area contributed by atoms with E-state index in [0.29, 0.717) is 13.0 Å². The highest BCUT2D eigenvalue weighted by atomic mass is 32.2. The van der Waals surface area contributed by atoms with E-state index in [-0.39, 0.29) is 23.4 Å². The van der Waals surface area contributed by atoms with Gasteiger partial charge >= 0.3 is 0 Å². The molecule has 7 heteroatoms. The fourth-order valence-corrected chi connectivity index (χ4v) is 3.78. The maximum Gasteiger partial charge on any atom is 0.244 e. The maximum absolute atomic E-state index is 12.4. The molecule has 1 aromatic heterocycles. The van der Waals surface area contributed by atoms with Gasteiger partial charge in [-0.15, -0.1) is 0 Å². The first-order valence-electron chi connectivity index (χ1n) is 5.90. The average Bonchev–Trinajstić information content (AvgIpc) is 2.39. The molecule has 1 atom stereocenters. The van der Waals surface area contributed by atoms with Crippen molar-refractivity contribution in [3.05, 3.63) is 18.3 Å². The summed E-state index contributed by atoms with van der Waals surface area (Å²) in [7, 11) is -3.58. The van der Waals surface area contributed by atoms with Crippen molar-refractivity contribution in [3.8, 4) is 0 Å². The van der Waals surface area contributed by atoms with E-state index in [1.165, 1.54) is 22.6 Å². The lowest BCUT2D eigenvalue weighted by Gasteiger charge is -2.33. The van der Waals surface area contributed by atoms with Gasteiger partial charge in [-0.05, 0) is 25.0 Å². The fraction of sp³-hybridized carbons (Fsp3) is 0.545. The summed E-state index contributed by atoms with van der Waals surface area (Å²) < 4.78 is 26.2. The predicted octanol–water partition coefficient (Wildman–Crippen LogP) is 0.199. The molecule has 1 saturated heterocycles. The fourth-order valence-electron chi connectivity index (χ4n) is 2.15. The molecule has 1 aliphatic rings. The number of hydrogen-bond donors (Lipinski definition) is 2. The van der Waals surface area contributed by atoms with E-state index in [9.17, 15) is 13.5 Å². The molecular formula is C11H17N3O3S. The minimum atomic E-state index is -3.58. The van der Waals surface area contributed by atoms with Crippen LogP contribution < -0.4 is 5.73 Å². The number of nitrogen functional groups attached to an aromatic ring is 1. The molecule has 0 aliphatic carbocycles. The van der Waals surface area contributed by atoms with Crippen molar-refractivity contribution in [2.45, 2.75) is 30.2 Å². The number of hydrogen-bond acceptors (Lipinski definition) is 5. The number of rotatable bonds is 3. The monoisotopic (exact) mass is 271 g/mol. The second-order valence-electron chi connectivity index (χ2n) is 4.37. The lowest BCUT2D eigenvalue weighted by molar-refractivity contribution is 0.155. The van der Waals surface area contributed by atoms with Crippen LogP contribution in [0, 0.1) is 0 Å². The number of piperidine rings is 1. The highest BCUT2D eigenvalue weighted by molar-refractivity contribution is 7.89. The summed E-state index contributed by atoms with van der Waals surface area (Å²) in [5, 5.41) is 9.27. The first-order valence-corrected chi connectivity index (χ1v) is 7.34. The van der Waals surface area contributed by atoms with E-state index in [0.717, 1.165) is 12.8 Å². The number of nitrogens with zero attached hydrogens (tertiary/aromatic N) is 2. The third-order valence-corrected chi connectivity index (χ3v) is 5.09. The summed E-state index contributed by atoms with van der Waals surface area (Å²) in [5.74, 6) is 0.284. The minimum absolute atomic E-state index is 0.122. The van der Waals surface area contributed by atoms with E-state index in [1.807, 2.05) is 0 Å². The van der Waals surface area contributed by atoms with Crippen LogP contribution in [-0.2, 0) is 10.0 Å². The van der Waals surface area contributed by atoms with Crippen molar-refractivity contribution in [1.29, 1.82) is 0 Å². The zero-order valence-corrected chi connectivity index (χ0v) is 10.8. The van der Waals surface area contributed by atoms with Crippen LogP contribution in [-0.4, -0.2) is 42.0 Å². The molecular weight excluding hydrogens is 254 g/mol. The normalized spacial score (nSPS) is 21.9. The van der Waals surface area contributed by atoms with Gasteiger partial charge in [0, 0.05) is 18.8 Å². The van der Waals surface area contributed by atoms with Crippen LogP contribution in [0.4, 0.5) is 5.82 Å². The van der Waals surface area contributed by atoms with Gasteiger partial charge in [0.1, 0.15) is 10.7 Å². The van der Waals surface area contributed by atoms with Crippen LogP contribution in [0.25, 0.3) is 0 Å². The predicted molar refractivity (Wildman–Crippen MR) is 67.3 cm³/mol. The Bertz CT molecular complexity index is 501. The number of aliphatic hydroxyl groups excluding tert-OH is 1. The van der Waals surface area contributed by atoms with Crippen molar-refractivity contribution < 1.29 is 13.5 Å². The molecule has 2 rings (SSSR count). The molecule has 1 aliphatic heterocycles. The highest BCUT2D eigenvalue weighted by Crippen LogP contribution is 2.24. The molecule has 2 heterocycles. The third kappa shape index (κ3) is 2.47. The molecule has 6 nitrogen and oxygen atoms in total. The molecule has 0 bridgehead atoms. The Balaban J connectivity index is 2.32. The van der Waals surface area contributed by atoms with Crippen LogP contribution >= 0.6 is 0 Å². The number of nitrogens with two attached hydrogens (primary N) is 1. The number of pyridine rings is 1. The Labute approximate surface area is 106 Å². The van der Waals surface area contributed by atoms with E-state index >= 15 is 0 Å². The summed E-state index contributed by atoms with van der Waals surface area (Å²) in [6.07, 6.45) is 3.71. The highest BCUT2D eigenvalue weighted by Gasteiger charge is 2.33. The van der Waals surface area contributed by atoms with E-state index in [1.54, 1.807) is 0 Å². The van der Waals surface area contributed by atoms with Crippen molar-refractivity contribution in [3.63, 3.8) is 0 Å². The molecule has 1 unspecified atom stereocenters. The van der Waals surface area contributed by atoms with Gasteiger partial charge in [0.25, 0.3) is 0 Å². The Hall–Kier alpha value is -1.18. The first kappa shape index (κ1) is 13.3. The third-order valence-electron chi connectivity index (χ3n) is 3.15. The summed E-state index contributed by atoms with van der Waals surface area (Å²) in [5.41, 5.74) is 5.44. The number of anilines is 1. The summed E-state index contributed by atoms with van der Waals surface area (Å²) in [6.45, 7) is 0.291. The quantitative estimate of drug-likeness (QED) is 0.818. The van der Waals surface area contributed by atoms with Crippen LogP contribution in [0.5, 0.6) is 0 Å². The summed E-state index contributed by atoms with van der Waals surface area (Å²) >= 11 is 0. The average molecular weight is 271 g/mol. The lowest BCUT2D eigenvalue weighted by atomic mass is 10.1. The number of aliphatic hydroxyl groups is 1. The zero-order chi connectivity index (χ0) is 13.2. The Kier molecular flexibility index (Phi) is 3.84. The lowest BCUT2D eigenvalue weighted by Crippen LogP contribution is -2.45. The van der Waals surface area contributed by atoms with E-state index < -0.39 is 10.0 Å². The largest absolute Gasteiger partial charge is 0.395 e. The Morgan fingerprint density at radius 1 is 1.44 bits per heavy atom. The van der Waals surface area contributed by atoms with E-state index in [2.05, 4.69) is 4.98 Å². The zero-order valence-electron chi connectivity index (χ0n) is 9.99. The van der Waals surface area contributed by atoms with Gasteiger partial charge in [0.05, 0.1) is 6.61 Å². The SMILES string of the molecule is Nc1ccc(S(=O)(=O)N2CCCCC2CO)cn1. The molecule has 100 valence electrons. The smallest absolute Gasteiger partial charge is 0.244 e. The van der Waals surface area contributed by atoms with Gasteiger partial charge in [-0.3, -0.25) is 0 Å². The van der Waals surface area contributed by atoms with Crippen LogP contribution in [0.2, 0.25) is 0 Å². The minimum Gasteiger partial charge on any atom is -0.395 e. The summed E-state index contributed by atoms with van der Waals surface area (Å²) in [6, 6.07) is 2.58. The molecule has 18 heavy (non-hydrogen) atoms. The van der Waals surface area contributed by atoms with Crippen molar-refractivity contribution in [1.82, 2.24) is 9.29 Å². The van der Waals surface area contributed by atoms with Gasteiger partial charge < -0.3 is 10.8 Å². The van der Waals surface area contributed by atoms with Crippen molar-refractivity contribution >= 4 is 15.8 Å². The van der Waals surface area contributed by atoms with Gasteiger partial charge in [0.15, 0.2) is 0 Å². The molecule has 0 radical (unpaired) electrons. The van der Waals surface area contributed by atoms with Crippen LogP contribution in [0.15, 0.2) is 23.2 Å². The van der Waals surface area contributed by atoms with Gasteiger partial charge in [-0.2, -0.15) is 4.31 Å². The standard InChI is InChI=1S/C11H17N3O3S/c12-11-5-4-10(7-13-11)18(16,17)14-6-2-1-3-9(14)8-15/h4-5,7,9,15H,1-3,6,8H2,(H2,12,13). The Morgan fingerprint density at radius 3 is 2.83 bits per heavy atom. The molecule has 0 aromatic carbocycles. The van der Waals surface area contributed by atoms with Crippen molar-refractivity contribution in [2.75, 3.05) is 18.9 Å². The molecule has 1 fully saturated rings. The molecule has 0 amide bonds. The molecule has 1 aromatic rings. The molecule has 3 N–H and O–H groups in total. The van der Waals surface area contributed by atoms with E-state index in [4.69, 9.17) is 5.73 Å². The van der Waals surface area contributed by atoms with Gasteiger partial charge in [-0.1, -0.05) is 6.42 Å². The number of sulfonamides is 1. The van der Waals surface area contributed by atoms with Crippen molar-refractivity contribution in [2.24, 2.45) is 0 Å². The maximum atomic E-state index is 12.4. The second-order valence-corrected chi connectivity index (χ2v) is 6.26.